The largest absolute Gasteiger partial charge is 0.480 e. The molecular weight excluding hydrogens is 284 g/mol. The number of hydrogen-bond acceptors (Lipinski definition) is 6. The third-order valence-corrected chi connectivity index (χ3v) is 4.72. The van der Waals surface area contributed by atoms with Gasteiger partial charge in [-0.2, -0.15) is 9.57 Å². The van der Waals surface area contributed by atoms with Gasteiger partial charge in [0.2, 0.25) is 0 Å². The van der Waals surface area contributed by atoms with Crippen LogP contribution in [-0.2, 0) is 14.8 Å². The van der Waals surface area contributed by atoms with Crippen molar-refractivity contribution in [3.63, 3.8) is 0 Å². The van der Waals surface area contributed by atoms with Crippen LogP contribution in [0.15, 0.2) is 23.4 Å². The molecule has 0 aromatic carbocycles. The summed E-state index contributed by atoms with van der Waals surface area (Å²) < 4.78 is 25.8. The lowest BCUT2D eigenvalue weighted by Crippen LogP contribution is -2.56. The fourth-order valence-electron chi connectivity index (χ4n) is 1.92. The van der Waals surface area contributed by atoms with Crippen LogP contribution < -0.4 is 5.32 Å². The van der Waals surface area contributed by atoms with Gasteiger partial charge in [0.1, 0.15) is 6.04 Å². The first-order valence-corrected chi connectivity index (χ1v) is 7.22. The van der Waals surface area contributed by atoms with Gasteiger partial charge in [0.15, 0.2) is 5.03 Å². The molecule has 2 heterocycles. The maximum absolute atomic E-state index is 12.4. The number of nitrogens with zero attached hydrogens (tertiary/aromatic N) is 3. The molecule has 0 unspecified atom stereocenters. The zero-order valence-corrected chi connectivity index (χ0v) is 11.2. The molecule has 1 aliphatic rings. The summed E-state index contributed by atoms with van der Waals surface area (Å²) >= 11 is 0. The van der Waals surface area contributed by atoms with Crippen LogP contribution in [0.2, 0.25) is 0 Å². The highest BCUT2D eigenvalue weighted by molar-refractivity contribution is 7.89. The summed E-state index contributed by atoms with van der Waals surface area (Å²) in [6.45, 7) is 0.436. The summed E-state index contributed by atoms with van der Waals surface area (Å²) in [5.74, 6) is -1.22. The van der Waals surface area contributed by atoms with Crippen LogP contribution >= 0.6 is 0 Å². The molecule has 0 aliphatic carbocycles. The fourth-order valence-corrected chi connectivity index (χ4v) is 3.47. The van der Waals surface area contributed by atoms with Gasteiger partial charge in [-0.15, -0.1) is 0 Å². The van der Waals surface area contributed by atoms with Crippen molar-refractivity contribution in [2.24, 2.45) is 0 Å². The Bertz CT molecular complexity index is 667. The van der Waals surface area contributed by atoms with Crippen molar-refractivity contribution in [2.75, 3.05) is 19.6 Å². The van der Waals surface area contributed by atoms with Gasteiger partial charge in [-0.1, -0.05) is 0 Å². The van der Waals surface area contributed by atoms with E-state index < -0.39 is 22.0 Å². The van der Waals surface area contributed by atoms with E-state index in [-0.39, 0.29) is 23.7 Å². The zero-order valence-electron chi connectivity index (χ0n) is 10.4. The molecular formula is C11H12N4O4S. The Hall–Kier alpha value is -2.02. The highest BCUT2D eigenvalue weighted by atomic mass is 32.2. The van der Waals surface area contributed by atoms with Crippen LogP contribution in [0, 0.1) is 11.3 Å². The topological polar surface area (TPSA) is 123 Å². The molecule has 0 radical (unpaired) electrons. The average molecular weight is 296 g/mol. The number of carboxylic acid groups (broad SMARTS) is 1. The predicted octanol–water partition coefficient (Wildman–Crippen LogP) is -1.000. The van der Waals surface area contributed by atoms with Gasteiger partial charge >= 0.3 is 5.97 Å². The van der Waals surface area contributed by atoms with Crippen LogP contribution in [0.1, 0.15) is 5.56 Å². The summed E-state index contributed by atoms with van der Waals surface area (Å²) in [5, 5.41) is 20.4. The minimum atomic E-state index is -4.04. The van der Waals surface area contributed by atoms with E-state index in [0.717, 1.165) is 10.4 Å². The second kappa shape index (κ2) is 5.54. The minimum absolute atomic E-state index is 0.0342. The Kier molecular flexibility index (Phi) is 3.99. The molecule has 1 fully saturated rings. The van der Waals surface area contributed by atoms with Crippen molar-refractivity contribution < 1.29 is 18.3 Å². The normalized spacial score (nSPS) is 20.2. The van der Waals surface area contributed by atoms with Gasteiger partial charge in [-0.3, -0.25) is 4.79 Å². The molecule has 1 aliphatic heterocycles. The molecule has 106 valence electrons. The zero-order chi connectivity index (χ0) is 14.8. The summed E-state index contributed by atoms with van der Waals surface area (Å²) in [6, 6.07) is 3.16. The Labute approximate surface area is 115 Å². The molecule has 0 saturated carbocycles. The van der Waals surface area contributed by atoms with Gasteiger partial charge in [-0.05, 0) is 12.1 Å². The Morgan fingerprint density at radius 1 is 1.60 bits per heavy atom. The number of piperazine rings is 1. The number of carboxylic acids is 1. The van der Waals surface area contributed by atoms with Crippen LogP contribution in [0.3, 0.4) is 0 Å². The quantitative estimate of drug-likeness (QED) is 0.733. The Morgan fingerprint density at radius 3 is 3.00 bits per heavy atom. The third-order valence-electron chi connectivity index (χ3n) is 2.92. The average Bonchev–Trinajstić information content (AvgIpc) is 2.47. The smallest absolute Gasteiger partial charge is 0.323 e. The lowest BCUT2D eigenvalue weighted by Gasteiger charge is -2.31. The standard InChI is InChI=1S/C11H12N4O4S/c12-6-8-1-2-14-10(5-8)20(18,19)15-4-3-13-7-9(15)11(16)17/h1-2,5,9,13H,3-4,7H2,(H,16,17)/t9-/m1/s1. The van der Waals surface area contributed by atoms with E-state index in [1.165, 1.54) is 12.3 Å². The number of rotatable bonds is 3. The second-order valence-corrected chi connectivity index (χ2v) is 6.01. The number of hydrogen-bond donors (Lipinski definition) is 2. The molecule has 1 saturated heterocycles. The summed E-state index contributed by atoms with van der Waals surface area (Å²) in [4.78, 5) is 14.9. The van der Waals surface area contributed by atoms with E-state index in [1.807, 2.05) is 6.07 Å². The first kappa shape index (κ1) is 14.4. The highest BCUT2D eigenvalue weighted by Gasteiger charge is 2.38. The van der Waals surface area contributed by atoms with Gasteiger partial charge in [0, 0.05) is 25.8 Å². The van der Waals surface area contributed by atoms with Crippen molar-refractivity contribution in [1.82, 2.24) is 14.6 Å². The summed E-state index contributed by atoms with van der Waals surface area (Å²) in [6.07, 6.45) is 1.21. The van der Waals surface area contributed by atoms with Crippen LogP contribution in [0.25, 0.3) is 0 Å². The van der Waals surface area contributed by atoms with Crippen LogP contribution in [-0.4, -0.2) is 54.5 Å². The van der Waals surface area contributed by atoms with Crippen LogP contribution in [0.5, 0.6) is 0 Å². The number of sulfonamides is 1. The molecule has 1 atom stereocenters. The summed E-state index contributed by atoms with van der Waals surface area (Å²) in [5.41, 5.74) is 0.153. The van der Waals surface area contributed by atoms with Crippen molar-refractivity contribution in [3.05, 3.63) is 23.9 Å². The van der Waals surface area contributed by atoms with E-state index >= 15 is 0 Å². The van der Waals surface area contributed by atoms with Gasteiger partial charge in [0.25, 0.3) is 10.0 Å². The molecule has 9 heteroatoms. The monoisotopic (exact) mass is 296 g/mol. The number of carbonyl (C=O) groups is 1. The molecule has 2 rings (SSSR count). The van der Waals surface area contributed by atoms with E-state index in [2.05, 4.69) is 10.3 Å². The highest BCUT2D eigenvalue weighted by Crippen LogP contribution is 2.18. The molecule has 20 heavy (non-hydrogen) atoms. The molecule has 0 bridgehead atoms. The Balaban J connectivity index is 2.42. The van der Waals surface area contributed by atoms with E-state index in [0.29, 0.717) is 6.54 Å². The Morgan fingerprint density at radius 2 is 2.35 bits per heavy atom. The molecule has 1 aromatic heterocycles. The number of nitrogens with one attached hydrogen (secondary N) is 1. The third kappa shape index (κ3) is 2.62. The molecule has 0 amide bonds. The first-order valence-electron chi connectivity index (χ1n) is 5.78. The van der Waals surface area contributed by atoms with Crippen molar-refractivity contribution in [1.29, 1.82) is 5.26 Å². The molecule has 0 spiro atoms. The minimum Gasteiger partial charge on any atom is -0.480 e. The number of pyridine rings is 1. The lowest BCUT2D eigenvalue weighted by molar-refractivity contribution is -0.141. The van der Waals surface area contributed by atoms with Crippen molar-refractivity contribution in [3.8, 4) is 6.07 Å². The maximum atomic E-state index is 12.4. The molecule has 8 nitrogen and oxygen atoms in total. The van der Waals surface area contributed by atoms with Crippen molar-refractivity contribution in [2.45, 2.75) is 11.1 Å². The number of aromatic nitrogens is 1. The van der Waals surface area contributed by atoms with E-state index in [1.54, 1.807) is 0 Å². The molecule has 1 aromatic rings. The number of nitriles is 1. The predicted molar refractivity (Wildman–Crippen MR) is 67.1 cm³/mol. The van der Waals surface area contributed by atoms with E-state index in [9.17, 15) is 13.2 Å². The first-order chi connectivity index (χ1) is 9.46. The maximum Gasteiger partial charge on any atom is 0.323 e. The number of aliphatic carboxylic acids is 1. The lowest BCUT2D eigenvalue weighted by atomic mass is 10.2. The second-order valence-electron chi connectivity index (χ2n) is 4.17. The van der Waals surface area contributed by atoms with Gasteiger partial charge in [0.05, 0.1) is 11.6 Å². The fraction of sp³-hybridized carbons (Fsp3) is 0.364. The summed E-state index contributed by atoms with van der Waals surface area (Å²) in [7, 11) is -4.04. The van der Waals surface area contributed by atoms with Crippen LogP contribution in [0.4, 0.5) is 0 Å². The SMILES string of the molecule is N#Cc1ccnc(S(=O)(=O)N2CCNC[C@@H]2C(=O)O)c1. The molecule has 2 N–H and O–H groups in total. The van der Waals surface area contributed by atoms with Crippen molar-refractivity contribution >= 4 is 16.0 Å². The van der Waals surface area contributed by atoms with Gasteiger partial charge in [-0.25, -0.2) is 13.4 Å². The van der Waals surface area contributed by atoms with Gasteiger partial charge < -0.3 is 10.4 Å². The van der Waals surface area contributed by atoms with E-state index in [4.69, 9.17) is 10.4 Å².